The molecule has 0 spiro atoms. The van der Waals surface area contributed by atoms with Crippen molar-refractivity contribution < 1.29 is 9.18 Å². The molecule has 2 aromatic rings. The fourth-order valence-electron chi connectivity index (χ4n) is 1.37. The summed E-state index contributed by atoms with van der Waals surface area (Å²) in [6.07, 6.45) is 1.40. The molecule has 0 atom stereocenters. The lowest BCUT2D eigenvalue weighted by Crippen LogP contribution is -2.10. The lowest BCUT2D eigenvalue weighted by molar-refractivity contribution is 0.100. The van der Waals surface area contributed by atoms with Crippen LogP contribution in [0.2, 0.25) is 0 Å². The fourth-order valence-corrected chi connectivity index (χ4v) is 1.81. The maximum atomic E-state index is 13.4. The van der Waals surface area contributed by atoms with Crippen LogP contribution < -0.4 is 5.73 Å². The van der Waals surface area contributed by atoms with Crippen LogP contribution in [0.3, 0.4) is 0 Å². The van der Waals surface area contributed by atoms with E-state index in [2.05, 4.69) is 20.9 Å². The Morgan fingerprint density at radius 2 is 2.21 bits per heavy atom. The quantitative estimate of drug-likeness (QED) is 0.808. The molecule has 1 aromatic carbocycles. The smallest absolute Gasteiger partial charge is 0.250 e. The van der Waals surface area contributed by atoms with Gasteiger partial charge in [0.1, 0.15) is 5.82 Å². The Morgan fingerprint density at radius 3 is 2.86 bits per heavy atom. The molecule has 72 valence electrons. The van der Waals surface area contributed by atoms with E-state index < -0.39 is 11.7 Å². The van der Waals surface area contributed by atoms with Gasteiger partial charge in [-0.25, -0.2) is 4.39 Å². The number of primary amides is 1. The second-order valence-corrected chi connectivity index (χ2v) is 3.70. The number of H-pyrrole nitrogens is 1. The van der Waals surface area contributed by atoms with Crippen LogP contribution in [0.5, 0.6) is 0 Å². The highest BCUT2D eigenvalue weighted by Crippen LogP contribution is 2.27. The number of nitrogens with two attached hydrogens (primary N) is 1. The summed E-state index contributed by atoms with van der Waals surface area (Å²) in [5, 5.41) is 0.229. The largest absolute Gasteiger partial charge is 0.366 e. The summed E-state index contributed by atoms with van der Waals surface area (Å²) in [7, 11) is 0. The number of rotatable bonds is 1. The zero-order valence-corrected chi connectivity index (χ0v) is 8.56. The molecule has 0 bridgehead atoms. The molecule has 0 aliphatic rings. The normalized spacial score (nSPS) is 10.7. The van der Waals surface area contributed by atoms with Crippen LogP contribution in [0.15, 0.2) is 22.8 Å². The summed E-state index contributed by atoms with van der Waals surface area (Å²) in [6.45, 7) is 0. The summed E-state index contributed by atoms with van der Waals surface area (Å²) < 4.78 is 14.1. The number of amides is 1. The van der Waals surface area contributed by atoms with Crippen molar-refractivity contribution in [2.75, 3.05) is 0 Å². The molecule has 0 unspecified atom stereocenters. The van der Waals surface area contributed by atoms with Crippen molar-refractivity contribution in [3.8, 4) is 0 Å². The van der Waals surface area contributed by atoms with Crippen molar-refractivity contribution in [3.05, 3.63) is 34.2 Å². The Morgan fingerprint density at radius 1 is 1.50 bits per heavy atom. The van der Waals surface area contributed by atoms with Crippen LogP contribution in [0, 0.1) is 5.82 Å². The van der Waals surface area contributed by atoms with Gasteiger partial charge in [-0.05, 0) is 28.1 Å². The van der Waals surface area contributed by atoms with Crippen LogP contribution >= 0.6 is 15.9 Å². The Kier molecular flexibility index (Phi) is 2.03. The van der Waals surface area contributed by atoms with E-state index in [1.54, 1.807) is 6.07 Å². The van der Waals surface area contributed by atoms with E-state index in [1.807, 2.05) is 0 Å². The van der Waals surface area contributed by atoms with Gasteiger partial charge in [0.2, 0.25) is 0 Å². The van der Waals surface area contributed by atoms with Gasteiger partial charge in [0.15, 0.2) is 0 Å². The molecule has 0 radical (unpaired) electrons. The van der Waals surface area contributed by atoms with E-state index in [0.29, 0.717) is 9.99 Å². The molecule has 14 heavy (non-hydrogen) atoms. The highest BCUT2D eigenvalue weighted by molar-refractivity contribution is 9.10. The molecule has 2 rings (SSSR count). The van der Waals surface area contributed by atoms with Crippen LogP contribution in [-0.4, -0.2) is 10.9 Å². The maximum Gasteiger partial charge on any atom is 0.250 e. The van der Waals surface area contributed by atoms with E-state index in [-0.39, 0.29) is 10.9 Å². The number of halogens is 2. The van der Waals surface area contributed by atoms with Crippen LogP contribution in [0.4, 0.5) is 4.39 Å². The topological polar surface area (TPSA) is 58.9 Å². The van der Waals surface area contributed by atoms with E-state index in [1.165, 1.54) is 12.3 Å². The van der Waals surface area contributed by atoms with E-state index in [4.69, 9.17) is 5.73 Å². The molecular weight excluding hydrogens is 251 g/mol. The lowest BCUT2D eigenvalue weighted by atomic mass is 10.1. The third-order valence-electron chi connectivity index (χ3n) is 2.00. The molecule has 3 N–H and O–H groups in total. The first kappa shape index (κ1) is 9.21. The van der Waals surface area contributed by atoms with Gasteiger partial charge in [0.05, 0.1) is 11.1 Å². The van der Waals surface area contributed by atoms with E-state index in [9.17, 15) is 9.18 Å². The van der Waals surface area contributed by atoms with Gasteiger partial charge in [0, 0.05) is 16.1 Å². The minimum Gasteiger partial charge on any atom is -0.366 e. The molecule has 0 aliphatic heterocycles. The van der Waals surface area contributed by atoms with Gasteiger partial charge in [-0.15, -0.1) is 0 Å². The van der Waals surface area contributed by atoms with Gasteiger partial charge < -0.3 is 10.7 Å². The Hall–Kier alpha value is -1.36. The number of hydrogen-bond acceptors (Lipinski definition) is 1. The summed E-state index contributed by atoms with van der Waals surface area (Å²) in [5.41, 5.74) is 5.81. The minimum absolute atomic E-state index is 0.166. The molecule has 1 heterocycles. The Labute approximate surface area is 87.2 Å². The Bertz CT molecular complexity index is 521. The molecule has 1 aromatic heterocycles. The molecule has 0 aliphatic carbocycles. The standard InChI is InChI=1S/C9H6BrFN2O/c10-5-1-2-6(11)7-4(9(12)14)3-13-8(5)7/h1-3,13H,(H2,12,14). The van der Waals surface area contributed by atoms with Gasteiger partial charge in [0.25, 0.3) is 5.91 Å². The third-order valence-corrected chi connectivity index (χ3v) is 2.66. The first-order chi connectivity index (χ1) is 6.61. The second-order valence-electron chi connectivity index (χ2n) is 2.85. The first-order valence-corrected chi connectivity index (χ1v) is 4.65. The van der Waals surface area contributed by atoms with Gasteiger partial charge >= 0.3 is 0 Å². The highest BCUT2D eigenvalue weighted by atomic mass is 79.9. The zero-order valence-electron chi connectivity index (χ0n) is 6.97. The SMILES string of the molecule is NC(=O)c1c[nH]c2c(Br)ccc(F)c12. The molecule has 0 saturated heterocycles. The van der Waals surface area contributed by atoms with Crippen molar-refractivity contribution in [2.24, 2.45) is 5.73 Å². The van der Waals surface area contributed by atoms with Crippen molar-refractivity contribution in [2.45, 2.75) is 0 Å². The number of nitrogens with one attached hydrogen (secondary N) is 1. The molecule has 1 amide bonds. The van der Waals surface area contributed by atoms with Crippen molar-refractivity contribution in [1.29, 1.82) is 0 Å². The number of benzene rings is 1. The number of aromatic nitrogens is 1. The van der Waals surface area contributed by atoms with Crippen LogP contribution in [-0.2, 0) is 0 Å². The van der Waals surface area contributed by atoms with Gasteiger partial charge in [-0.2, -0.15) is 0 Å². The van der Waals surface area contributed by atoms with Crippen LogP contribution in [0.1, 0.15) is 10.4 Å². The first-order valence-electron chi connectivity index (χ1n) is 3.86. The van der Waals surface area contributed by atoms with E-state index in [0.717, 1.165) is 0 Å². The summed E-state index contributed by atoms with van der Waals surface area (Å²) >= 11 is 3.24. The minimum atomic E-state index is -0.645. The van der Waals surface area contributed by atoms with Crippen molar-refractivity contribution >= 4 is 32.7 Å². The third kappa shape index (κ3) is 1.21. The lowest BCUT2D eigenvalue weighted by Gasteiger charge is -1.97. The highest BCUT2D eigenvalue weighted by Gasteiger charge is 2.14. The maximum absolute atomic E-state index is 13.4. The average Bonchev–Trinajstić information content (AvgIpc) is 2.56. The van der Waals surface area contributed by atoms with Crippen molar-refractivity contribution in [3.63, 3.8) is 0 Å². The number of hydrogen-bond donors (Lipinski definition) is 2. The molecular formula is C9H6BrFN2O. The summed E-state index contributed by atoms with van der Waals surface area (Å²) in [5.74, 6) is -1.11. The molecule has 5 heteroatoms. The van der Waals surface area contributed by atoms with Gasteiger partial charge in [-0.3, -0.25) is 4.79 Å². The van der Waals surface area contributed by atoms with Gasteiger partial charge in [-0.1, -0.05) is 0 Å². The number of carbonyl (C=O) groups is 1. The molecule has 0 saturated carbocycles. The second kappa shape index (κ2) is 3.09. The zero-order chi connectivity index (χ0) is 10.3. The Balaban J connectivity index is 2.90. The fraction of sp³-hybridized carbons (Fsp3) is 0. The number of fused-ring (bicyclic) bond motifs is 1. The summed E-state index contributed by atoms with van der Waals surface area (Å²) in [6, 6.07) is 2.85. The molecule has 0 fully saturated rings. The summed E-state index contributed by atoms with van der Waals surface area (Å²) in [4.78, 5) is 13.8. The average molecular weight is 257 g/mol. The van der Waals surface area contributed by atoms with Crippen LogP contribution in [0.25, 0.3) is 10.9 Å². The molecule has 3 nitrogen and oxygen atoms in total. The van der Waals surface area contributed by atoms with E-state index >= 15 is 0 Å². The number of aromatic amines is 1. The predicted octanol–water partition coefficient (Wildman–Crippen LogP) is 2.17. The van der Waals surface area contributed by atoms with Crippen molar-refractivity contribution in [1.82, 2.24) is 4.98 Å². The monoisotopic (exact) mass is 256 g/mol. The predicted molar refractivity (Wildman–Crippen MR) is 54.5 cm³/mol. The number of carbonyl (C=O) groups excluding carboxylic acids is 1.